The van der Waals surface area contributed by atoms with E-state index in [9.17, 15) is 8.42 Å². The number of pyridine rings is 2. The van der Waals surface area contributed by atoms with Gasteiger partial charge in [-0.1, -0.05) is 35.9 Å². The molecule has 0 aliphatic rings. The SMILES string of the molecule is Cc1ccc(S(=O)(=O)Nc2cccc3ccc(CCCc4ccncc4)nc23)cc1. The predicted octanol–water partition coefficient (Wildman–Crippen LogP) is 4.91. The van der Waals surface area contributed by atoms with Crippen molar-refractivity contribution in [1.82, 2.24) is 9.97 Å². The van der Waals surface area contributed by atoms with Gasteiger partial charge in [0.2, 0.25) is 0 Å². The third-order valence-corrected chi connectivity index (χ3v) is 6.38. The summed E-state index contributed by atoms with van der Waals surface area (Å²) in [5.41, 5.74) is 4.35. The Morgan fingerprint density at radius 2 is 1.63 bits per heavy atom. The molecule has 0 radical (unpaired) electrons. The molecule has 5 nitrogen and oxygen atoms in total. The van der Waals surface area contributed by atoms with E-state index < -0.39 is 10.0 Å². The van der Waals surface area contributed by atoms with Gasteiger partial charge in [-0.2, -0.15) is 0 Å². The minimum Gasteiger partial charge on any atom is -0.277 e. The van der Waals surface area contributed by atoms with Gasteiger partial charge in [0.1, 0.15) is 0 Å². The molecule has 0 unspecified atom stereocenters. The van der Waals surface area contributed by atoms with E-state index >= 15 is 0 Å². The first-order valence-electron chi connectivity index (χ1n) is 9.88. The van der Waals surface area contributed by atoms with Crippen molar-refractivity contribution in [2.75, 3.05) is 4.72 Å². The first-order valence-corrected chi connectivity index (χ1v) is 11.4. The fourth-order valence-electron chi connectivity index (χ4n) is 3.35. The maximum absolute atomic E-state index is 12.8. The van der Waals surface area contributed by atoms with Gasteiger partial charge < -0.3 is 0 Å². The Morgan fingerprint density at radius 3 is 2.40 bits per heavy atom. The molecule has 0 saturated carbocycles. The standard InChI is InChI=1S/C24H23N3O2S/c1-18-8-12-22(13-9-18)30(28,29)27-23-7-3-5-20-10-11-21(26-24(20)23)6-2-4-19-14-16-25-17-15-19/h3,5,7-17,27H,2,4,6H2,1H3. The number of rotatable bonds is 7. The second-order valence-electron chi connectivity index (χ2n) is 7.31. The number of hydrogen-bond acceptors (Lipinski definition) is 4. The van der Waals surface area contributed by atoms with Crippen molar-refractivity contribution < 1.29 is 8.42 Å². The molecular weight excluding hydrogens is 394 g/mol. The zero-order chi connectivity index (χ0) is 21.0. The van der Waals surface area contributed by atoms with Crippen molar-refractivity contribution in [3.8, 4) is 0 Å². The van der Waals surface area contributed by atoms with E-state index in [1.54, 1.807) is 42.7 Å². The van der Waals surface area contributed by atoms with Crippen LogP contribution in [0.25, 0.3) is 10.9 Å². The molecule has 0 aliphatic heterocycles. The second-order valence-corrected chi connectivity index (χ2v) is 8.99. The van der Waals surface area contributed by atoms with Crippen molar-refractivity contribution in [1.29, 1.82) is 0 Å². The highest BCUT2D eigenvalue weighted by Gasteiger charge is 2.16. The fraction of sp³-hybridized carbons (Fsp3) is 0.167. The van der Waals surface area contributed by atoms with Crippen LogP contribution in [-0.4, -0.2) is 18.4 Å². The van der Waals surface area contributed by atoms with Crippen LogP contribution >= 0.6 is 0 Å². The molecule has 152 valence electrons. The van der Waals surface area contributed by atoms with Crippen LogP contribution < -0.4 is 4.72 Å². The lowest BCUT2D eigenvalue weighted by atomic mass is 10.1. The molecule has 0 bridgehead atoms. The van der Waals surface area contributed by atoms with Gasteiger partial charge in [-0.25, -0.2) is 8.42 Å². The molecule has 6 heteroatoms. The van der Waals surface area contributed by atoms with Crippen LogP contribution in [0.2, 0.25) is 0 Å². The number of aryl methyl sites for hydroxylation is 3. The molecule has 0 spiro atoms. The Labute approximate surface area is 176 Å². The second kappa shape index (κ2) is 8.63. The number of para-hydroxylation sites is 1. The van der Waals surface area contributed by atoms with Gasteiger partial charge in [-0.15, -0.1) is 0 Å². The summed E-state index contributed by atoms with van der Waals surface area (Å²) in [5, 5.41) is 0.900. The number of hydrogen-bond donors (Lipinski definition) is 1. The maximum atomic E-state index is 12.8. The highest BCUT2D eigenvalue weighted by molar-refractivity contribution is 7.92. The zero-order valence-electron chi connectivity index (χ0n) is 16.7. The molecule has 0 amide bonds. The molecule has 4 rings (SSSR count). The minimum atomic E-state index is -3.68. The number of fused-ring (bicyclic) bond motifs is 1. The van der Waals surface area contributed by atoms with Gasteiger partial charge in [-0.3, -0.25) is 14.7 Å². The number of aromatic nitrogens is 2. The quantitative estimate of drug-likeness (QED) is 0.464. The molecule has 0 atom stereocenters. The topological polar surface area (TPSA) is 72.0 Å². The molecule has 4 aromatic rings. The van der Waals surface area contributed by atoms with Crippen LogP contribution in [0.5, 0.6) is 0 Å². The van der Waals surface area contributed by atoms with Gasteiger partial charge in [0.25, 0.3) is 10.0 Å². The van der Waals surface area contributed by atoms with Crippen LogP contribution in [0.4, 0.5) is 5.69 Å². The molecule has 1 N–H and O–H groups in total. The van der Waals surface area contributed by atoms with Gasteiger partial charge in [0, 0.05) is 23.5 Å². The summed E-state index contributed by atoms with van der Waals surface area (Å²) in [5.74, 6) is 0. The monoisotopic (exact) mass is 417 g/mol. The predicted molar refractivity (Wildman–Crippen MR) is 120 cm³/mol. The van der Waals surface area contributed by atoms with E-state index in [1.165, 1.54) is 5.56 Å². The zero-order valence-corrected chi connectivity index (χ0v) is 17.6. The van der Waals surface area contributed by atoms with E-state index in [-0.39, 0.29) is 4.90 Å². The largest absolute Gasteiger partial charge is 0.277 e. The molecule has 0 saturated heterocycles. The van der Waals surface area contributed by atoms with Crippen molar-refractivity contribution in [2.45, 2.75) is 31.1 Å². The molecule has 2 heterocycles. The lowest BCUT2D eigenvalue weighted by molar-refractivity contribution is 0.601. The Hall–Kier alpha value is -3.25. The van der Waals surface area contributed by atoms with Crippen LogP contribution in [-0.2, 0) is 22.9 Å². The van der Waals surface area contributed by atoms with Crippen LogP contribution in [0.1, 0.15) is 23.2 Å². The van der Waals surface area contributed by atoms with Gasteiger partial charge >= 0.3 is 0 Å². The average molecular weight is 418 g/mol. The van der Waals surface area contributed by atoms with E-state index in [0.29, 0.717) is 11.2 Å². The summed E-state index contributed by atoms with van der Waals surface area (Å²) in [7, 11) is -3.68. The van der Waals surface area contributed by atoms with Gasteiger partial charge in [0.15, 0.2) is 0 Å². The van der Waals surface area contributed by atoms with E-state index in [4.69, 9.17) is 4.98 Å². The Bertz CT molecular complexity index is 1250. The number of nitrogens with zero attached hydrogens (tertiary/aromatic N) is 2. The minimum absolute atomic E-state index is 0.235. The summed E-state index contributed by atoms with van der Waals surface area (Å²) in [4.78, 5) is 9.04. The van der Waals surface area contributed by atoms with E-state index in [1.807, 2.05) is 43.3 Å². The first-order chi connectivity index (χ1) is 14.5. The Balaban J connectivity index is 1.56. The van der Waals surface area contributed by atoms with Crippen molar-refractivity contribution in [3.05, 3.63) is 95.9 Å². The summed E-state index contributed by atoms with van der Waals surface area (Å²) < 4.78 is 28.4. The summed E-state index contributed by atoms with van der Waals surface area (Å²) in [6, 6.07) is 20.4. The van der Waals surface area contributed by atoms with Crippen molar-refractivity contribution >= 4 is 26.6 Å². The molecule has 2 aromatic heterocycles. The van der Waals surface area contributed by atoms with Crippen molar-refractivity contribution in [3.63, 3.8) is 0 Å². The lowest BCUT2D eigenvalue weighted by Gasteiger charge is -2.11. The maximum Gasteiger partial charge on any atom is 0.261 e. The van der Waals surface area contributed by atoms with Gasteiger partial charge in [-0.05, 0) is 68.1 Å². The highest BCUT2D eigenvalue weighted by atomic mass is 32.2. The Morgan fingerprint density at radius 1 is 0.867 bits per heavy atom. The fourth-order valence-corrected chi connectivity index (χ4v) is 4.42. The molecular formula is C24H23N3O2S. The lowest BCUT2D eigenvalue weighted by Crippen LogP contribution is -2.13. The third-order valence-electron chi connectivity index (χ3n) is 5.00. The van der Waals surface area contributed by atoms with E-state index in [0.717, 1.165) is 35.9 Å². The van der Waals surface area contributed by atoms with E-state index in [2.05, 4.69) is 9.71 Å². The highest BCUT2D eigenvalue weighted by Crippen LogP contribution is 2.25. The normalized spacial score (nSPS) is 11.5. The number of sulfonamides is 1. The first kappa shape index (κ1) is 20.0. The average Bonchev–Trinajstić information content (AvgIpc) is 2.75. The smallest absolute Gasteiger partial charge is 0.261 e. The molecule has 0 fully saturated rings. The number of nitrogens with one attached hydrogen (secondary N) is 1. The summed E-state index contributed by atoms with van der Waals surface area (Å²) in [6.07, 6.45) is 6.33. The van der Waals surface area contributed by atoms with Crippen LogP contribution in [0.3, 0.4) is 0 Å². The number of benzene rings is 2. The summed E-state index contributed by atoms with van der Waals surface area (Å²) in [6.45, 7) is 1.93. The van der Waals surface area contributed by atoms with Gasteiger partial charge in [0.05, 0.1) is 16.1 Å². The summed E-state index contributed by atoms with van der Waals surface area (Å²) >= 11 is 0. The van der Waals surface area contributed by atoms with Crippen LogP contribution in [0, 0.1) is 6.92 Å². The third kappa shape index (κ3) is 4.66. The Kier molecular flexibility index (Phi) is 5.77. The van der Waals surface area contributed by atoms with Crippen LogP contribution in [0.15, 0.2) is 84.0 Å². The molecule has 30 heavy (non-hydrogen) atoms. The molecule has 0 aliphatic carbocycles. The molecule has 2 aromatic carbocycles. The number of anilines is 1. The van der Waals surface area contributed by atoms with Crippen molar-refractivity contribution in [2.24, 2.45) is 0 Å².